The van der Waals surface area contributed by atoms with Gasteiger partial charge in [0.2, 0.25) is 0 Å². The third kappa shape index (κ3) is 4.66. The molecule has 1 atom stereocenters. The normalized spacial score (nSPS) is 12.4. The van der Waals surface area contributed by atoms with Crippen LogP contribution in [-0.4, -0.2) is 20.1 Å². The van der Waals surface area contributed by atoms with Crippen molar-refractivity contribution in [2.24, 2.45) is 0 Å². The Balaban J connectivity index is 2.21. The number of para-hydroxylation sites is 1. The summed E-state index contributed by atoms with van der Waals surface area (Å²) in [5.74, 6) is 1.57. The Labute approximate surface area is 155 Å². The lowest BCUT2D eigenvalue weighted by molar-refractivity contribution is -0.112. The summed E-state index contributed by atoms with van der Waals surface area (Å²) < 4.78 is 10.6. The monoisotopic (exact) mass is 353 g/mol. The van der Waals surface area contributed by atoms with Gasteiger partial charge in [0.25, 0.3) is 5.91 Å². The molecule has 0 aromatic heterocycles. The molecule has 0 aliphatic carbocycles. The van der Waals surface area contributed by atoms with Gasteiger partial charge < -0.3 is 14.8 Å². The fraction of sp³-hybridized carbons (Fsp3) is 0.318. The predicted molar refractivity (Wildman–Crippen MR) is 107 cm³/mol. The van der Waals surface area contributed by atoms with Gasteiger partial charge in [0, 0.05) is 11.3 Å². The van der Waals surface area contributed by atoms with E-state index >= 15 is 0 Å². The standard InChI is InChI=1S/C22H27NO3/c1-6-15(2)18-9-7-8-10-19(18)23-22(24)16(3)13-17-11-12-20(25-4)21(14-17)26-5/h7-15H,6H2,1-5H3,(H,23,24)/b16-13+. The van der Waals surface area contributed by atoms with Crippen molar-refractivity contribution in [3.63, 3.8) is 0 Å². The van der Waals surface area contributed by atoms with Crippen LogP contribution >= 0.6 is 0 Å². The number of hydrogen-bond acceptors (Lipinski definition) is 3. The van der Waals surface area contributed by atoms with E-state index in [9.17, 15) is 4.79 Å². The summed E-state index contributed by atoms with van der Waals surface area (Å²) in [5, 5.41) is 3.03. The first-order valence-electron chi connectivity index (χ1n) is 8.80. The highest BCUT2D eigenvalue weighted by atomic mass is 16.5. The predicted octanol–water partition coefficient (Wildman–Crippen LogP) is 5.26. The highest BCUT2D eigenvalue weighted by Crippen LogP contribution is 2.29. The zero-order valence-corrected chi connectivity index (χ0v) is 16.1. The first kappa shape index (κ1) is 19.6. The topological polar surface area (TPSA) is 47.6 Å². The van der Waals surface area contributed by atoms with E-state index in [2.05, 4.69) is 25.2 Å². The van der Waals surface area contributed by atoms with Crippen molar-refractivity contribution in [3.05, 3.63) is 59.2 Å². The minimum absolute atomic E-state index is 0.115. The van der Waals surface area contributed by atoms with Gasteiger partial charge in [-0.1, -0.05) is 38.1 Å². The number of carbonyl (C=O) groups excluding carboxylic acids is 1. The number of benzene rings is 2. The second-order valence-corrected chi connectivity index (χ2v) is 6.29. The maximum Gasteiger partial charge on any atom is 0.251 e. The Morgan fingerprint density at radius 1 is 1.12 bits per heavy atom. The molecule has 0 bridgehead atoms. The van der Waals surface area contributed by atoms with Crippen molar-refractivity contribution < 1.29 is 14.3 Å². The van der Waals surface area contributed by atoms with Gasteiger partial charge in [0.15, 0.2) is 11.5 Å². The van der Waals surface area contributed by atoms with E-state index in [1.165, 1.54) is 0 Å². The lowest BCUT2D eigenvalue weighted by Crippen LogP contribution is -2.14. The number of carbonyl (C=O) groups is 1. The van der Waals surface area contributed by atoms with Gasteiger partial charge in [-0.15, -0.1) is 0 Å². The van der Waals surface area contributed by atoms with E-state index in [0.29, 0.717) is 23.0 Å². The zero-order valence-electron chi connectivity index (χ0n) is 16.1. The second-order valence-electron chi connectivity index (χ2n) is 6.29. The minimum Gasteiger partial charge on any atom is -0.493 e. The maximum absolute atomic E-state index is 12.6. The first-order chi connectivity index (χ1) is 12.5. The summed E-state index contributed by atoms with van der Waals surface area (Å²) in [4.78, 5) is 12.6. The first-order valence-corrected chi connectivity index (χ1v) is 8.80. The summed E-state index contributed by atoms with van der Waals surface area (Å²) in [6.07, 6.45) is 2.86. The summed E-state index contributed by atoms with van der Waals surface area (Å²) in [6, 6.07) is 13.5. The number of rotatable bonds is 7. The van der Waals surface area contributed by atoms with E-state index in [1.807, 2.05) is 42.5 Å². The molecular weight excluding hydrogens is 326 g/mol. The van der Waals surface area contributed by atoms with Crippen molar-refractivity contribution in [3.8, 4) is 11.5 Å². The number of amides is 1. The molecular formula is C22H27NO3. The molecule has 4 nitrogen and oxygen atoms in total. The minimum atomic E-state index is -0.115. The molecule has 0 fully saturated rings. The van der Waals surface area contributed by atoms with Crippen LogP contribution in [0.1, 0.15) is 44.2 Å². The van der Waals surface area contributed by atoms with Gasteiger partial charge in [0.05, 0.1) is 14.2 Å². The van der Waals surface area contributed by atoms with Crippen LogP contribution in [0.5, 0.6) is 11.5 Å². The molecule has 0 aliphatic rings. The largest absolute Gasteiger partial charge is 0.493 e. The maximum atomic E-state index is 12.6. The van der Waals surface area contributed by atoms with E-state index in [4.69, 9.17) is 9.47 Å². The fourth-order valence-corrected chi connectivity index (χ4v) is 2.74. The van der Waals surface area contributed by atoms with E-state index in [0.717, 1.165) is 23.2 Å². The molecule has 2 aromatic rings. The highest BCUT2D eigenvalue weighted by Gasteiger charge is 2.12. The summed E-state index contributed by atoms with van der Waals surface area (Å²) >= 11 is 0. The van der Waals surface area contributed by atoms with Crippen LogP contribution in [0.15, 0.2) is 48.0 Å². The van der Waals surface area contributed by atoms with Crippen LogP contribution in [0.3, 0.4) is 0 Å². The van der Waals surface area contributed by atoms with Crippen LogP contribution in [0.25, 0.3) is 6.08 Å². The molecule has 1 N–H and O–H groups in total. The van der Waals surface area contributed by atoms with Gasteiger partial charge in [-0.3, -0.25) is 4.79 Å². The van der Waals surface area contributed by atoms with Gasteiger partial charge in [-0.2, -0.15) is 0 Å². The molecule has 4 heteroatoms. The number of methoxy groups -OCH3 is 2. The molecule has 0 radical (unpaired) electrons. The number of hydrogen-bond donors (Lipinski definition) is 1. The Kier molecular flexibility index (Phi) is 6.84. The summed E-state index contributed by atoms with van der Waals surface area (Å²) in [7, 11) is 3.19. The molecule has 1 unspecified atom stereocenters. The molecule has 138 valence electrons. The summed E-state index contributed by atoms with van der Waals surface area (Å²) in [6.45, 7) is 6.11. The molecule has 1 amide bonds. The van der Waals surface area contributed by atoms with Crippen molar-refractivity contribution in [2.75, 3.05) is 19.5 Å². The average molecular weight is 353 g/mol. The number of ether oxygens (including phenoxy) is 2. The quantitative estimate of drug-likeness (QED) is 0.691. The molecule has 0 aliphatic heterocycles. The van der Waals surface area contributed by atoms with Gasteiger partial charge in [-0.25, -0.2) is 0 Å². The van der Waals surface area contributed by atoms with E-state index < -0.39 is 0 Å². The van der Waals surface area contributed by atoms with Crippen molar-refractivity contribution in [1.29, 1.82) is 0 Å². The fourth-order valence-electron chi connectivity index (χ4n) is 2.74. The van der Waals surface area contributed by atoms with E-state index in [1.54, 1.807) is 21.1 Å². The molecule has 0 heterocycles. The zero-order chi connectivity index (χ0) is 19.1. The van der Waals surface area contributed by atoms with Crippen molar-refractivity contribution in [2.45, 2.75) is 33.1 Å². The molecule has 2 rings (SSSR count). The lowest BCUT2D eigenvalue weighted by atomic mass is 9.96. The SMILES string of the molecule is CCC(C)c1ccccc1NC(=O)/C(C)=C/c1ccc(OC)c(OC)c1. The third-order valence-corrected chi connectivity index (χ3v) is 4.50. The average Bonchev–Trinajstić information content (AvgIpc) is 2.67. The number of anilines is 1. The molecule has 0 saturated heterocycles. The Hall–Kier alpha value is -2.75. The van der Waals surface area contributed by atoms with Crippen LogP contribution in [0.2, 0.25) is 0 Å². The van der Waals surface area contributed by atoms with Gasteiger partial charge in [0.1, 0.15) is 0 Å². The highest BCUT2D eigenvalue weighted by molar-refractivity contribution is 6.06. The van der Waals surface area contributed by atoms with Gasteiger partial charge >= 0.3 is 0 Å². The second kappa shape index (κ2) is 9.09. The Bertz CT molecular complexity index is 796. The van der Waals surface area contributed by atoms with Crippen molar-refractivity contribution in [1.82, 2.24) is 0 Å². The third-order valence-electron chi connectivity index (χ3n) is 4.50. The molecule has 0 spiro atoms. The van der Waals surface area contributed by atoms with Crippen molar-refractivity contribution >= 4 is 17.7 Å². The van der Waals surface area contributed by atoms with Crippen LogP contribution in [0.4, 0.5) is 5.69 Å². The molecule has 2 aromatic carbocycles. The Morgan fingerprint density at radius 3 is 2.46 bits per heavy atom. The van der Waals surface area contributed by atoms with Gasteiger partial charge in [-0.05, 0) is 54.7 Å². The molecule has 26 heavy (non-hydrogen) atoms. The van der Waals surface area contributed by atoms with Crippen LogP contribution in [0, 0.1) is 0 Å². The lowest BCUT2D eigenvalue weighted by Gasteiger charge is -2.16. The van der Waals surface area contributed by atoms with Crippen LogP contribution < -0.4 is 14.8 Å². The van der Waals surface area contributed by atoms with Crippen LogP contribution in [-0.2, 0) is 4.79 Å². The molecule has 0 saturated carbocycles. The summed E-state index contributed by atoms with van der Waals surface area (Å²) in [5.41, 5.74) is 3.52. The number of nitrogens with one attached hydrogen (secondary N) is 1. The smallest absolute Gasteiger partial charge is 0.251 e. The Morgan fingerprint density at radius 2 is 1.81 bits per heavy atom. The van der Waals surface area contributed by atoms with E-state index in [-0.39, 0.29) is 5.91 Å².